The van der Waals surface area contributed by atoms with Crippen LogP contribution in [0.4, 0.5) is 0 Å². The van der Waals surface area contributed by atoms with Crippen molar-refractivity contribution in [2.45, 2.75) is 6.92 Å². The van der Waals surface area contributed by atoms with Crippen LogP contribution in [0, 0.1) is 0 Å². The van der Waals surface area contributed by atoms with Crippen molar-refractivity contribution in [3.8, 4) is 0 Å². The predicted molar refractivity (Wildman–Crippen MR) is 61.6 cm³/mol. The van der Waals surface area contributed by atoms with Gasteiger partial charge in [-0.3, -0.25) is 9.79 Å². The van der Waals surface area contributed by atoms with E-state index in [1.807, 2.05) is 0 Å². The van der Waals surface area contributed by atoms with Crippen LogP contribution in [0.25, 0.3) is 0 Å². The van der Waals surface area contributed by atoms with Crippen LogP contribution in [0.5, 0.6) is 0 Å². The van der Waals surface area contributed by atoms with E-state index in [1.54, 1.807) is 20.0 Å². The van der Waals surface area contributed by atoms with Crippen molar-refractivity contribution in [1.82, 2.24) is 5.32 Å². The standard InChI is InChI=1S/C11H16N2O2/c1-8(6-7-9(2)15-5)11(14)13-10(3)12-4/h6-7H,1-2H2,3-5H3,(H,12,13,14)/b7-6-. The first kappa shape index (κ1) is 13.2. The van der Waals surface area contributed by atoms with Gasteiger partial charge in [0.1, 0.15) is 5.76 Å². The summed E-state index contributed by atoms with van der Waals surface area (Å²) in [6, 6.07) is 0. The van der Waals surface area contributed by atoms with Gasteiger partial charge in [0.15, 0.2) is 0 Å². The van der Waals surface area contributed by atoms with E-state index in [0.29, 0.717) is 17.2 Å². The lowest BCUT2D eigenvalue weighted by atomic mass is 10.2. The second-order valence-electron chi connectivity index (χ2n) is 2.79. The number of nitrogens with zero attached hydrogens (tertiary/aromatic N) is 1. The van der Waals surface area contributed by atoms with E-state index in [-0.39, 0.29) is 5.91 Å². The van der Waals surface area contributed by atoms with Gasteiger partial charge in [0.2, 0.25) is 0 Å². The number of allylic oxidation sites excluding steroid dienone is 1. The van der Waals surface area contributed by atoms with Gasteiger partial charge in [-0.05, 0) is 19.1 Å². The van der Waals surface area contributed by atoms with Crippen LogP contribution in [0.15, 0.2) is 41.6 Å². The normalized spacial score (nSPS) is 11.3. The number of methoxy groups -OCH3 is 1. The van der Waals surface area contributed by atoms with Gasteiger partial charge in [0.05, 0.1) is 12.9 Å². The lowest BCUT2D eigenvalue weighted by Gasteiger charge is -2.03. The van der Waals surface area contributed by atoms with Gasteiger partial charge in [-0.25, -0.2) is 0 Å². The molecule has 0 spiro atoms. The molecule has 0 aliphatic heterocycles. The maximum Gasteiger partial charge on any atom is 0.255 e. The van der Waals surface area contributed by atoms with Crippen molar-refractivity contribution in [3.63, 3.8) is 0 Å². The molecule has 1 N–H and O–H groups in total. The summed E-state index contributed by atoms with van der Waals surface area (Å²) < 4.78 is 4.80. The lowest BCUT2D eigenvalue weighted by Crippen LogP contribution is -2.28. The minimum Gasteiger partial charge on any atom is -0.497 e. The maximum absolute atomic E-state index is 11.4. The third-order valence-corrected chi connectivity index (χ3v) is 1.65. The summed E-state index contributed by atoms with van der Waals surface area (Å²) in [4.78, 5) is 15.2. The minimum atomic E-state index is -0.293. The number of ether oxygens (including phenoxy) is 1. The number of amides is 1. The Morgan fingerprint density at radius 3 is 2.47 bits per heavy atom. The number of nitrogens with one attached hydrogen (secondary N) is 1. The van der Waals surface area contributed by atoms with Crippen molar-refractivity contribution in [3.05, 3.63) is 36.6 Å². The third kappa shape index (κ3) is 5.46. The molecule has 0 aromatic rings. The van der Waals surface area contributed by atoms with E-state index in [0.717, 1.165) is 0 Å². The quantitative estimate of drug-likeness (QED) is 0.250. The maximum atomic E-state index is 11.4. The summed E-state index contributed by atoms with van der Waals surface area (Å²) >= 11 is 0. The Balaban J connectivity index is 4.29. The van der Waals surface area contributed by atoms with Gasteiger partial charge in [0, 0.05) is 12.6 Å². The average molecular weight is 208 g/mol. The molecule has 0 atom stereocenters. The Bertz CT molecular complexity index is 327. The SMILES string of the molecule is C=C(/C=C\C(=C)C(=O)NC(C)=NC)OC. The zero-order chi connectivity index (χ0) is 11.8. The number of aliphatic imine (C=N–C) groups is 1. The zero-order valence-electron chi connectivity index (χ0n) is 9.33. The smallest absolute Gasteiger partial charge is 0.255 e. The number of hydrogen-bond donors (Lipinski definition) is 1. The van der Waals surface area contributed by atoms with Crippen LogP contribution in [0.1, 0.15) is 6.92 Å². The molecule has 0 saturated heterocycles. The molecule has 4 heteroatoms. The van der Waals surface area contributed by atoms with Crippen LogP contribution in [0.3, 0.4) is 0 Å². The van der Waals surface area contributed by atoms with Crippen LogP contribution in [0.2, 0.25) is 0 Å². The van der Waals surface area contributed by atoms with Crippen LogP contribution in [-0.2, 0) is 9.53 Å². The summed E-state index contributed by atoms with van der Waals surface area (Å²) in [6.45, 7) is 8.87. The minimum absolute atomic E-state index is 0.293. The van der Waals surface area contributed by atoms with E-state index in [4.69, 9.17) is 4.74 Å². The van der Waals surface area contributed by atoms with Crippen molar-refractivity contribution in [2.24, 2.45) is 4.99 Å². The fourth-order valence-corrected chi connectivity index (χ4v) is 0.638. The first-order valence-corrected chi connectivity index (χ1v) is 4.36. The Labute approximate surface area is 90.0 Å². The summed E-state index contributed by atoms with van der Waals surface area (Å²) in [5.74, 6) is 0.711. The van der Waals surface area contributed by atoms with Crippen molar-refractivity contribution in [1.29, 1.82) is 0 Å². The van der Waals surface area contributed by atoms with Crippen molar-refractivity contribution >= 4 is 11.7 Å². The fourth-order valence-electron chi connectivity index (χ4n) is 0.638. The number of hydrogen-bond acceptors (Lipinski definition) is 3. The molecule has 82 valence electrons. The molecule has 0 bridgehead atoms. The number of carbonyl (C=O) groups is 1. The molecule has 4 nitrogen and oxygen atoms in total. The van der Waals surface area contributed by atoms with Gasteiger partial charge >= 0.3 is 0 Å². The molecule has 0 radical (unpaired) electrons. The third-order valence-electron chi connectivity index (χ3n) is 1.65. The largest absolute Gasteiger partial charge is 0.497 e. The van der Waals surface area contributed by atoms with Gasteiger partial charge in [0.25, 0.3) is 5.91 Å². The number of amidine groups is 1. The van der Waals surface area contributed by atoms with E-state index in [2.05, 4.69) is 23.5 Å². The molecule has 0 fully saturated rings. The van der Waals surface area contributed by atoms with Crippen LogP contribution < -0.4 is 5.32 Å². The highest BCUT2D eigenvalue weighted by Crippen LogP contribution is 1.98. The van der Waals surface area contributed by atoms with E-state index in [1.165, 1.54) is 13.2 Å². The molecule has 0 aromatic carbocycles. The van der Waals surface area contributed by atoms with Gasteiger partial charge in [-0.1, -0.05) is 13.2 Å². The van der Waals surface area contributed by atoms with Crippen molar-refractivity contribution < 1.29 is 9.53 Å². The van der Waals surface area contributed by atoms with E-state index >= 15 is 0 Å². The molecule has 0 aliphatic carbocycles. The predicted octanol–water partition coefficient (Wildman–Crippen LogP) is 1.42. The van der Waals surface area contributed by atoms with E-state index in [9.17, 15) is 4.79 Å². The van der Waals surface area contributed by atoms with Crippen LogP contribution in [-0.4, -0.2) is 25.9 Å². The molecular formula is C11H16N2O2. The van der Waals surface area contributed by atoms with Crippen molar-refractivity contribution in [2.75, 3.05) is 14.2 Å². The van der Waals surface area contributed by atoms with Gasteiger partial charge in [-0.15, -0.1) is 0 Å². The van der Waals surface area contributed by atoms with Gasteiger partial charge < -0.3 is 10.1 Å². The highest BCUT2D eigenvalue weighted by Gasteiger charge is 2.03. The Kier molecular flexibility index (Phi) is 5.78. The molecule has 0 rings (SSSR count). The second kappa shape index (κ2) is 6.59. The zero-order valence-corrected chi connectivity index (χ0v) is 9.33. The molecule has 0 saturated carbocycles. The Morgan fingerprint density at radius 2 is 2.00 bits per heavy atom. The molecular weight excluding hydrogens is 192 g/mol. The molecule has 1 amide bonds. The first-order valence-electron chi connectivity index (χ1n) is 4.36. The highest BCUT2D eigenvalue weighted by molar-refractivity contribution is 6.06. The van der Waals surface area contributed by atoms with Gasteiger partial charge in [-0.2, -0.15) is 0 Å². The molecule has 0 heterocycles. The number of carbonyl (C=O) groups excluding carboxylic acids is 1. The molecule has 0 unspecified atom stereocenters. The Hall–Kier alpha value is -1.84. The highest BCUT2D eigenvalue weighted by atomic mass is 16.5. The molecule has 0 aliphatic rings. The fraction of sp³-hybridized carbons (Fsp3) is 0.273. The molecule has 0 aromatic heterocycles. The summed E-state index contributed by atoms with van der Waals surface area (Å²) in [5.41, 5.74) is 0.316. The molecule has 15 heavy (non-hydrogen) atoms. The topological polar surface area (TPSA) is 50.7 Å². The second-order valence-corrected chi connectivity index (χ2v) is 2.79. The number of rotatable bonds is 4. The summed E-state index contributed by atoms with van der Waals surface area (Å²) in [6.07, 6.45) is 3.10. The average Bonchev–Trinajstić information content (AvgIpc) is 2.24. The first-order chi connectivity index (χ1) is 7.01. The Morgan fingerprint density at radius 1 is 1.40 bits per heavy atom. The summed E-state index contributed by atoms with van der Waals surface area (Å²) in [5, 5.41) is 2.56. The van der Waals surface area contributed by atoms with E-state index < -0.39 is 0 Å². The lowest BCUT2D eigenvalue weighted by molar-refractivity contribution is -0.115. The van der Waals surface area contributed by atoms with Crippen LogP contribution >= 0.6 is 0 Å². The summed E-state index contributed by atoms with van der Waals surface area (Å²) in [7, 11) is 3.10. The monoisotopic (exact) mass is 208 g/mol.